The summed E-state index contributed by atoms with van der Waals surface area (Å²) in [5, 5.41) is 5.42. The molecule has 29 nitrogen and oxygen atoms in total. The van der Waals surface area contributed by atoms with Gasteiger partial charge in [-0.25, -0.2) is 19.2 Å². The molecule has 0 aromatic rings. The number of primary amides is 3. The number of carbonyl (C=O) groups is 15. The van der Waals surface area contributed by atoms with E-state index in [0.717, 1.165) is 44.9 Å². The third-order valence-corrected chi connectivity index (χ3v) is 20.1. The first-order valence-corrected chi connectivity index (χ1v) is 37.3. The molecule has 11 amide bonds. The molecule has 0 unspecified atom stereocenters. The first-order chi connectivity index (χ1) is 43.3. The van der Waals surface area contributed by atoms with Crippen LogP contribution in [0.2, 0.25) is 0 Å². The highest BCUT2D eigenvalue weighted by molar-refractivity contribution is 8.93. The number of hydrogen-bond acceptors (Lipinski definition) is 26. The summed E-state index contributed by atoms with van der Waals surface area (Å²) in [5.74, 6) is -7.87. The minimum Gasteiger partial charge on any atom is -0.444 e. The van der Waals surface area contributed by atoms with Gasteiger partial charge in [0.05, 0.1) is 44.6 Å². The van der Waals surface area contributed by atoms with E-state index in [0.29, 0.717) is 41.7 Å². The second kappa shape index (κ2) is 42.8. The summed E-state index contributed by atoms with van der Waals surface area (Å²) in [6.45, 7) is 12.5. The molecule has 35 heteroatoms. The number of nitrogens with zero attached hydrogens (tertiary/aromatic N) is 4. The van der Waals surface area contributed by atoms with Crippen molar-refractivity contribution in [2.24, 2.45) is 40.7 Å². The smallest absolute Gasteiger partial charge is 0.407 e. The molecule has 526 valence electrons. The number of ether oxygens (including phenoxy) is 2. The molecule has 5 fully saturated rings. The van der Waals surface area contributed by atoms with Crippen molar-refractivity contribution in [3.8, 4) is 0 Å². The van der Waals surface area contributed by atoms with Crippen molar-refractivity contribution in [2.45, 2.75) is 202 Å². The van der Waals surface area contributed by atoms with E-state index in [1.54, 1.807) is 106 Å². The number of alkyl carbamates (subject to hydrolysis) is 2. The fraction of sp³-hybridized carbons (Fsp3) is 0.737. The maximum Gasteiger partial charge on any atom is 0.407 e. The van der Waals surface area contributed by atoms with Crippen LogP contribution in [0.5, 0.6) is 0 Å². The van der Waals surface area contributed by atoms with Gasteiger partial charge in [-0.1, -0.05) is 111 Å². The van der Waals surface area contributed by atoms with Gasteiger partial charge < -0.3 is 62.5 Å². The Morgan fingerprint density at radius 1 is 0.478 bits per heavy atom. The fourth-order valence-electron chi connectivity index (χ4n) is 8.40. The molecule has 5 rings (SSSR count). The average molecular weight is 1420 g/mol. The molecule has 0 aromatic carbocycles. The molecule has 0 saturated carbocycles. The highest BCUT2D eigenvalue weighted by atomic mass is 33.2. The second-order valence-corrected chi connectivity index (χ2v) is 31.8. The normalized spacial score (nSPS) is 16.1. The molecule has 0 aliphatic carbocycles. The highest BCUT2D eigenvalue weighted by Gasteiger charge is 2.40. The van der Waals surface area contributed by atoms with E-state index in [1.165, 1.54) is 4.90 Å². The van der Waals surface area contributed by atoms with Crippen molar-refractivity contribution in [3.05, 3.63) is 0 Å². The van der Waals surface area contributed by atoms with Gasteiger partial charge in [0.15, 0.2) is 11.6 Å². The monoisotopic (exact) mass is 1420 g/mol. The number of nitrogens with one attached hydrogen (secondary N) is 2. The SMILES string of the molecule is CC.CC(C)(C)OC(=O)NCCC(=O)N(CC(=O)CCCCC[C@@H](C(N)=O)C1SS1)CC(=O)CCCCC[C@@H](C(N)=O)C1SS1.CC(C)(C)OC(=O)NCCC(=O)N(CC(=O)ON1C(=O)CCC1=O)CC(=O)ON1C(=O)CCC1=O.NCCCC[C@@H](C(N)=O)C1SS1.[HH].[HH].[HH]. The molecule has 5 aliphatic heterocycles. The first kappa shape index (κ1) is 82.6. The average Bonchev–Trinajstić information content (AvgIpc) is 1.85. The lowest BCUT2D eigenvalue weighted by Gasteiger charge is -2.23. The third kappa shape index (κ3) is 35.7. The van der Waals surface area contributed by atoms with Gasteiger partial charge >= 0.3 is 24.1 Å². The van der Waals surface area contributed by atoms with Gasteiger partial charge in [0.1, 0.15) is 24.3 Å². The van der Waals surface area contributed by atoms with E-state index in [2.05, 4.69) is 10.6 Å². The van der Waals surface area contributed by atoms with Crippen LogP contribution < -0.4 is 33.6 Å². The summed E-state index contributed by atoms with van der Waals surface area (Å²) in [6, 6.07) is 0. The number of rotatable bonds is 38. The molecule has 5 saturated heterocycles. The van der Waals surface area contributed by atoms with Crippen molar-refractivity contribution in [1.82, 2.24) is 30.6 Å². The predicted molar refractivity (Wildman–Crippen MR) is 357 cm³/mol. The van der Waals surface area contributed by atoms with Crippen LogP contribution in [-0.4, -0.2) is 180 Å². The molecule has 0 spiro atoms. The van der Waals surface area contributed by atoms with Gasteiger partial charge in [0.2, 0.25) is 29.5 Å². The van der Waals surface area contributed by atoms with Crippen LogP contribution in [0.3, 0.4) is 0 Å². The quantitative estimate of drug-likeness (QED) is 0.0177. The Hall–Kier alpha value is -5.49. The molecule has 10 N–H and O–H groups in total. The molecule has 92 heavy (non-hydrogen) atoms. The zero-order valence-electron chi connectivity index (χ0n) is 53.7. The first-order valence-electron chi connectivity index (χ1n) is 30.5. The predicted octanol–water partition coefficient (Wildman–Crippen LogP) is 6.06. The molecule has 3 atom stereocenters. The van der Waals surface area contributed by atoms with Crippen LogP contribution in [0.15, 0.2) is 0 Å². The van der Waals surface area contributed by atoms with Crippen LogP contribution in [0.1, 0.15) is 182 Å². The lowest BCUT2D eigenvalue weighted by molar-refractivity contribution is -0.201. The molecular formula is C57H98N10O19S6. The number of imide groups is 2. The van der Waals surface area contributed by atoms with Crippen molar-refractivity contribution in [2.75, 3.05) is 45.8 Å². The number of unbranched alkanes of at least 4 members (excludes halogenated alkanes) is 5. The molecule has 5 aliphatic rings. The fourth-order valence-corrected chi connectivity index (χ4v) is 14.0. The van der Waals surface area contributed by atoms with Gasteiger partial charge in [-0.2, -0.15) is 0 Å². The van der Waals surface area contributed by atoms with E-state index in [9.17, 15) is 71.9 Å². The number of hydrogen-bond donors (Lipinski definition) is 6. The number of carbonyl (C=O) groups excluding carboxylic acids is 15. The van der Waals surface area contributed by atoms with E-state index in [-0.39, 0.29) is 148 Å². The topological polar surface area (TPSA) is 434 Å². The summed E-state index contributed by atoms with van der Waals surface area (Å²) in [6.07, 6.45) is 6.69. The van der Waals surface area contributed by atoms with Crippen LogP contribution >= 0.6 is 64.8 Å². The van der Waals surface area contributed by atoms with E-state index in [1.807, 2.05) is 13.8 Å². The Bertz CT molecular complexity index is 2450. The summed E-state index contributed by atoms with van der Waals surface area (Å²) in [5.41, 5.74) is 20.1. The molecule has 0 bridgehead atoms. The third-order valence-electron chi connectivity index (χ3n) is 13.1. The number of nitrogens with two attached hydrogens (primary N) is 4. The van der Waals surface area contributed by atoms with Crippen molar-refractivity contribution >= 4 is 154 Å². The number of ketones is 2. The Balaban J connectivity index is 0. The highest BCUT2D eigenvalue weighted by Crippen LogP contribution is 2.59. The number of Topliss-reactive ketones (excluding diaryl/α,β-unsaturated/α-hetero) is 2. The summed E-state index contributed by atoms with van der Waals surface area (Å²) in [7, 11) is 10.1. The zero-order chi connectivity index (χ0) is 69.3. The Morgan fingerprint density at radius 2 is 0.772 bits per heavy atom. The molecule has 0 radical (unpaired) electrons. The van der Waals surface area contributed by atoms with Gasteiger partial charge in [-0.15, -0.1) is 10.1 Å². The van der Waals surface area contributed by atoms with Gasteiger partial charge in [0, 0.05) is 68.7 Å². The van der Waals surface area contributed by atoms with Crippen molar-refractivity contribution < 1.29 is 95.3 Å². The number of hydroxylamine groups is 4. The van der Waals surface area contributed by atoms with Gasteiger partial charge in [-0.05, 0) is 86.6 Å². The van der Waals surface area contributed by atoms with Crippen LogP contribution in [-0.2, 0) is 81.5 Å². The van der Waals surface area contributed by atoms with E-state index < -0.39 is 83.9 Å². The zero-order valence-corrected chi connectivity index (χ0v) is 58.6. The minimum absolute atomic E-state index is 0. The van der Waals surface area contributed by atoms with E-state index in [4.69, 9.17) is 42.1 Å². The van der Waals surface area contributed by atoms with Gasteiger partial charge in [-0.3, -0.25) is 52.7 Å². The van der Waals surface area contributed by atoms with Crippen LogP contribution in [0, 0.1) is 17.8 Å². The Morgan fingerprint density at radius 3 is 1.04 bits per heavy atom. The van der Waals surface area contributed by atoms with Crippen molar-refractivity contribution in [3.63, 3.8) is 0 Å². The van der Waals surface area contributed by atoms with Gasteiger partial charge in [0.25, 0.3) is 23.6 Å². The lowest BCUT2D eigenvalue weighted by atomic mass is 10.0. The molecular weight excluding hydrogens is 1320 g/mol. The largest absolute Gasteiger partial charge is 0.444 e. The minimum atomic E-state index is -1.21. The van der Waals surface area contributed by atoms with E-state index >= 15 is 0 Å². The maximum atomic E-state index is 13.0. The molecule has 0 aromatic heterocycles. The molecule has 5 heterocycles. The van der Waals surface area contributed by atoms with Crippen LogP contribution in [0.4, 0.5) is 9.59 Å². The summed E-state index contributed by atoms with van der Waals surface area (Å²) < 4.78 is 11.1. The summed E-state index contributed by atoms with van der Waals surface area (Å²) >= 11 is 0. The Kier molecular flexibility index (Phi) is 38.4. The maximum absolute atomic E-state index is 13.0. The standard InChI is InChI=1S/C28H46N4O7S4.C20H26N4O11.C7H14N2OS2.C2H6.3H2/c1-28(2,3)39-27(38)31-15-14-22(35)32(16-18(33)10-6-4-8-12-20(23(29)36)25-40-41-25)17-19(34)11-7-5-9-13-21(24(30)37)26-42-43-26;1-20(2,3)33-19(32)21-9-8-12(25)22(10-17(30)34-23-13(26)4-5-14(23)27)11-18(31)35-24-15(28)6-7-16(24)29;8-4-2-1-3-5(6(9)10)7-11-12-7;1-2;;;/h20-21,25-26H,4-17H2,1-3H3,(H2,29,36)(H2,30,37)(H,31,38);4-11H2,1-3H3,(H,21,32);5,7H,1-4,8H2,(H2,9,10);1-2H3;3*1H/t20-,21-;;5-;;;;/m0.0..../s1. The number of amides is 11. The van der Waals surface area contributed by atoms with Crippen LogP contribution in [0.25, 0.3) is 0 Å². The van der Waals surface area contributed by atoms with Crippen molar-refractivity contribution in [1.29, 1.82) is 0 Å². The summed E-state index contributed by atoms with van der Waals surface area (Å²) in [4.78, 5) is 191. The lowest BCUT2D eigenvalue weighted by Crippen LogP contribution is -2.45. The Labute approximate surface area is 565 Å². The second-order valence-electron chi connectivity index (χ2n) is 23.2.